The number of aryl methyl sites for hydroxylation is 1. The van der Waals surface area contributed by atoms with Crippen molar-refractivity contribution in [3.05, 3.63) is 12.4 Å². The number of hydrogen-bond donors (Lipinski definition) is 1. The summed E-state index contributed by atoms with van der Waals surface area (Å²) in [5.74, 6) is 0. The second-order valence-corrected chi connectivity index (χ2v) is 6.01. The fourth-order valence-electron chi connectivity index (χ4n) is 3.54. The molecular weight excluding hydrogens is 238 g/mol. The molecule has 1 aromatic heterocycles. The van der Waals surface area contributed by atoms with Crippen LogP contribution in [0.3, 0.4) is 0 Å². The molecule has 1 atom stereocenters. The average molecular weight is 263 g/mol. The first-order valence-corrected chi connectivity index (χ1v) is 7.73. The molecule has 1 spiro atoms. The number of nitrogens with zero attached hydrogens (tertiary/aromatic N) is 2. The van der Waals surface area contributed by atoms with Crippen LogP contribution in [0.4, 0.5) is 5.69 Å². The molecule has 1 saturated carbocycles. The van der Waals surface area contributed by atoms with Gasteiger partial charge in [0.05, 0.1) is 17.5 Å². The Labute approximate surface area is 115 Å². The van der Waals surface area contributed by atoms with E-state index in [9.17, 15) is 0 Å². The highest BCUT2D eigenvalue weighted by Crippen LogP contribution is 2.39. The van der Waals surface area contributed by atoms with Crippen molar-refractivity contribution in [2.45, 2.75) is 70.1 Å². The number of aromatic nitrogens is 2. The summed E-state index contributed by atoms with van der Waals surface area (Å²) in [5, 5.41) is 7.97. The smallest absolute Gasteiger partial charge is 0.0728 e. The summed E-state index contributed by atoms with van der Waals surface area (Å²) in [6, 6.07) is 0.543. The molecular formula is C15H25N3O. The van der Waals surface area contributed by atoms with Crippen LogP contribution in [-0.4, -0.2) is 28.0 Å². The largest absolute Gasteiger partial charge is 0.380 e. The van der Waals surface area contributed by atoms with Crippen LogP contribution in [-0.2, 0) is 11.3 Å². The summed E-state index contributed by atoms with van der Waals surface area (Å²) < 4.78 is 8.11. The summed E-state index contributed by atoms with van der Waals surface area (Å²) >= 11 is 0. The van der Waals surface area contributed by atoms with Crippen LogP contribution in [0.15, 0.2) is 12.4 Å². The molecule has 2 aliphatic rings. The zero-order valence-corrected chi connectivity index (χ0v) is 11.9. The van der Waals surface area contributed by atoms with Gasteiger partial charge in [0.1, 0.15) is 0 Å². The molecule has 1 aromatic rings. The highest BCUT2D eigenvalue weighted by Gasteiger charge is 2.38. The zero-order valence-electron chi connectivity index (χ0n) is 11.9. The topological polar surface area (TPSA) is 39.1 Å². The third-order valence-corrected chi connectivity index (χ3v) is 4.59. The van der Waals surface area contributed by atoms with Crippen LogP contribution in [0.1, 0.15) is 51.9 Å². The van der Waals surface area contributed by atoms with Crippen LogP contribution in [0.25, 0.3) is 0 Å². The van der Waals surface area contributed by atoms with Crippen molar-refractivity contribution in [1.29, 1.82) is 0 Å². The van der Waals surface area contributed by atoms with Crippen molar-refractivity contribution in [1.82, 2.24) is 9.78 Å². The summed E-state index contributed by atoms with van der Waals surface area (Å²) in [6.45, 7) is 3.95. The molecule has 1 N–H and O–H groups in total. The molecule has 1 saturated heterocycles. The average Bonchev–Trinajstić information content (AvgIpc) is 2.87. The van der Waals surface area contributed by atoms with E-state index in [2.05, 4.69) is 23.5 Å². The van der Waals surface area contributed by atoms with E-state index in [0.29, 0.717) is 6.04 Å². The molecule has 0 amide bonds. The second-order valence-electron chi connectivity index (χ2n) is 6.01. The first-order valence-electron chi connectivity index (χ1n) is 7.73. The number of anilines is 1. The lowest BCUT2D eigenvalue weighted by Gasteiger charge is -2.43. The highest BCUT2D eigenvalue weighted by atomic mass is 16.5. The van der Waals surface area contributed by atoms with E-state index in [1.165, 1.54) is 32.1 Å². The number of hydrogen-bond acceptors (Lipinski definition) is 3. The van der Waals surface area contributed by atoms with Crippen LogP contribution in [0.2, 0.25) is 0 Å². The van der Waals surface area contributed by atoms with Crippen molar-refractivity contribution in [2.24, 2.45) is 0 Å². The Hall–Kier alpha value is -1.03. The van der Waals surface area contributed by atoms with Gasteiger partial charge >= 0.3 is 0 Å². The molecule has 0 radical (unpaired) electrons. The van der Waals surface area contributed by atoms with E-state index in [0.717, 1.165) is 31.7 Å². The van der Waals surface area contributed by atoms with Crippen LogP contribution in [0, 0.1) is 0 Å². The molecule has 1 aliphatic heterocycles. The molecule has 2 fully saturated rings. The normalized spacial score (nSPS) is 26.5. The molecule has 2 heterocycles. The van der Waals surface area contributed by atoms with Crippen LogP contribution < -0.4 is 5.32 Å². The summed E-state index contributed by atoms with van der Waals surface area (Å²) in [4.78, 5) is 0. The predicted molar refractivity (Wildman–Crippen MR) is 76.3 cm³/mol. The molecule has 4 heteroatoms. The molecule has 0 bridgehead atoms. The number of nitrogens with one attached hydrogen (secondary N) is 1. The van der Waals surface area contributed by atoms with Gasteiger partial charge in [0, 0.05) is 25.4 Å². The Balaban J connectivity index is 1.61. The van der Waals surface area contributed by atoms with Gasteiger partial charge in [-0.25, -0.2) is 0 Å². The maximum atomic E-state index is 6.14. The van der Waals surface area contributed by atoms with Crippen LogP contribution in [0.5, 0.6) is 0 Å². The van der Waals surface area contributed by atoms with E-state index in [-0.39, 0.29) is 5.60 Å². The molecule has 4 nitrogen and oxygen atoms in total. The van der Waals surface area contributed by atoms with Crippen molar-refractivity contribution in [3.63, 3.8) is 0 Å². The minimum atomic E-state index is 0.176. The first-order chi connectivity index (χ1) is 9.30. The number of ether oxygens (including phenoxy) is 1. The summed E-state index contributed by atoms with van der Waals surface area (Å²) in [7, 11) is 0. The van der Waals surface area contributed by atoms with E-state index in [1.807, 2.05) is 10.9 Å². The van der Waals surface area contributed by atoms with Crippen LogP contribution >= 0.6 is 0 Å². The SMILES string of the molecule is CCn1cc(NC2CCOC3(CCCCC3)C2)cn1. The predicted octanol–water partition coefficient (Wildman–Crippen LogP) is 3.20. The Bertz CT molecular complexity index is 404. The fourth-order valence-corrected chi connectivity index (χ4v) is 3.54. The Morgan fingerprint density at radius 2 is 2.26 bits per heavy atom. The standard InChI is InChI=1S/C15H25N3O/c1-2-18-12-14(11-16-18)17-13-6-9-19-15(10-13)7-4-3-5-8-15/h11-13,17H,2-10H2,1H3. The lowest BCUT2D eigenvalue weighted by molar-refractivity contribution is -0.103. The second kappa shape index (κ2) is 5.53. The van der Waals surface area contributed by atoms with Gasteiger partial charge in [-0.3, -0.25) is 4.68 Å². The third-order valence-electron chi connectivity index (χ3n) is 4.59. The van der Waals surface area contributed by atoms with Crippen molar-refractivity contribution < 1.29 is 4.74 Å². The van der Waals surface area contributed by atoms with Gasteiger partial charge in [0.2, 0.25) is 0 Å². The molecule has 19 heavy (non-hydrogen) atoms. The quantitative estimate of drug-likeness (QED) is 0.910. The Morgan fingerprint density at radius 1 is 1.42 bits per heavy atom. The van der Waals surface area contributed by atoms with Gasteiger partial charge in [0.25, 0.3) is 0 Å². The van der Waals surface area contributed by atoms with Gasteiger partial charge in [-0.2, -0.15) is 5.10 Å². The lowest BCUT2D eigenvalue weighted by Crippen LogP contribution is -2.45. The highest BCUT2D eigenvalue weighted by molar-refractivity contribution is 5.39. The van der Waals surface area contributed by atoms with Gasteiger partial charge in [-0.05, 0) is 32.6 Å². The Morgan fingerprint density at radius 3 is 3.00 bits per heavy atom. The van der Waals surface area contributed by atoms with Gasteiger partial charge < -0.3 is 10.1 Å². The molecule has 3 rings (SSSR count). The van der Waals surface area contributed by atoms with Gasteiger partial charge in [-0.15, -0.1) is 0 Å². The van der Waals surface area contributed by atoms with Crippen molar-refractivity contribution in [2.75, 3.05) is 11.9 Å². The first kappa shape index (κ1) is 13.0. The van der Waals surface area contributed by atoms with Gasteiger partial charge in [-0.1, -0.05) is 19.3 Å². The lowest BCUT2D eigenvalue weighted by atomic mass is 9.78. The minimum absolute atomic E-state index is 0.176. The zero-order chi connectivity index (χ0) is 13.1. The minimum Gasteiger partial charge on any atom is -0.380 e. The van der Waals surface area contributed by atoms with E-state index in [1.54, 1.807) is 0 Å². The summed E-state index contributed by atoms with van der Waals surface area (Å²) in [6.07, 6.45) is 12.9. The van der Waals surface area contributed by atoms with E-state index >= 15 is 0 Å². The van der Waals surface area contributed by atoms with E-state index in [4.69, 9.17) is 4.74 Å². The fraction of sp³-hybridized carbons (Fsp3) is 0.800. The maximum absolute atomic E-state index is 6.14. The number of rotatable bonds is 3. The molecule has 1 aliphatic carbocycles. The Kier molecular flexibility index (Phi) is 3.78. The van der Waals surface area contributed by atoms with Crippen molar-refractivity contribution >= 4 is 5.69 Å². The van der Waals surface area contributed by atoms with Crippen molar-refractivity contribution in [3.8, 4) is 0 Å². The third kappa shape index (κ3) is 2.94. The van der Waals surface area contributed by atoms with E-state index < -0.39 is 0 Å². The molecule has 106 valence electrons. The monoisotopic (exact) mass is 263 g/mol. The summed E-state index contributed by atoms with van der Waals surface area (Å²) in [5.41, 5.74) is 1.33. The van der Waals surface area contributed by atoms with Gasteiger partial charge in [0.15, 0.2) is 0 Å². The maximum Gasteiger partial charge on any atom is 0.0728 e. The molecule has 0 aromatic carbocycles. The molecule has 1 unspecified atom stereocenters.